The van der Waals surface area contributed by atoms with E-state index in [1.165, 1.54) is 17.7 Å². The highest BCUT2D eigenvalue weighted by atomic mass is 32.1. The minimum absolute atomic E-state index is 0.0510. The van der Waals surface area contributed by atoms with Gasteiger partial charge in [-0.25, -0.2) is 4.98 Å². The van der Waals surface area contributed by atoms with Crippen molar-refractivity contribution in [1.82, 2.24) is 20.2 Å². The average molecular weight is 439 g/mol. The molecule has 2 N–H and O–H groups in total. The van der Waals surface area contributed by atoms with Crippen LogP contribution in [0.2, 0.25) is 0 Å². The molecular weight excluding hydrogens is 408 g/mol. The predicted octanol–water partition coefficient (Wildman–Crippen LogP) is 3.90. The molecule has 1 fully saturated rings. The molecule has 1 saturated heterocycles. The maximum atomic E-state index is 12.5. The zero-order chi connectivity index (χ0) is 21.6. The molecule has 4 rings (SSSR count). The van der Waals surface area contributed by atoms with Crippen LogP contribution in [0.25, 0.3) is 10.9 Å². The van der Waals surface area contributed by atoms with Crippen molar-refractivity contribution >= 4 is 28.1 Å². The number of aromatic nitrogens is 2. The number of hydrogen-bond donors (Lipinski definition) is 2. The van der Waals surface area contributed by atoms with Crippen molar-refractivity contribution in [2.45, 2.75) is 45.1 Å². The molecule has 0 saturated carbocycles. The number of nitrogens with zero attached hydrogens (tertiary/aromatic N) is 2. The molecule has 7 heteroatoms. The van der Waals surface area contributed by atoms with E-state index in [0.717, 1.165) is 19.0 Å². The molecule has 2 aromatic heterocycles. The second-order valence-corrected chi connectivity index (χ2v) is 9.42. The molecule has 1 atom stereocenters. The van der Waals surface area contributed by atoms with Gasteiger partial charge in [0, 0.05) is 24.3 Å². The van der Waals surface area contributed by atoms with Gasteiger partial charge >= 0.3 is 0 Å². The van der Waals surface area contributed by atoms with Crippen LogP contribution in [0.3, 0.4) is 0 Å². The highest BCUT2D eigenvalue weighted by Crippen LogP contribution is 2.29. The summed E-state index contributed by atoms with van der Waals surface area (Å²) >= 11 is 1.76. The first-order valence-corrected chi connectivity index (χ1v) is 12.0. The van der Waals surface area contributed by atoms with E-state index in [1.54, 1.807) is 17.4 Å². The lowest BCUT2D eigenvalue weighted by atomic mass is 9.97. The summed E-state index contributed by atoms with van der Waals surface area (Å²) in [4.78, 5) is 35.9. The summed E-state index contributed by atoms with van der Waals surface area (Å²) in [6, 6.07) is 11.8. The number of aromatic amines is 1. The number of carbonyl (C=O) groups is 1. The Kier molecular flexibility index (Phi) is 7.14. The standard InChI is InChI=1S/C24H30N4O2S/c1-17-11-13-28(14-12-17)20(21-8-5-15-31-21)16-25-23(29)10-4-9-22-26-19-7-3-2-6-18(19)24(30)27-22/h2-3,5-8,15,17,20H,4,9-14,16H2,1H3,(H,25,29)(H,26,27,30)/t20-/m0/s1. The molecule has 0 unspecified atom stereocenters. The first-order valence-electron chi connectivity index (χ1n) is 11.1. The smallest absolute Gasteiger partial charge is 0.258 e. The lowest BCUT2D eigenvalue weighted by molar-refractivity contribution is -0.121. The zero-order valence-corrected chi connectivity index (χ0v) is 18.8. The molecular formula is C24H30N4O2S. The Labute approximate surface area is 186 Å². The van der Waals surface area contributed by atoms with Crippen LogP contribution in [0.15, 0.2) is 46.6 Å². The van der Waals surface area contributed by atoms with E-state index in [9.17, 15) is 9.59 Å². The number of carbonyl (C=O) groups excluding carboxylic acids is 1. The van der Waals surface area contributed by atoms with Crippen molar-refractivity contribution < 1.29 is 4.79 Å². The Morgan fingerprint density at radius 3 is 2.84 bits per heavy atom. The molecule has 6 nitrogen and oxygen atoms in total. The molecule has 1 aliphatic rings. The molecule has 1 aliphatic heterocycles. The second kappa shape index (κ2) is 10.2. The number of benzene rings is 1. The molecule has 3 heterocycles. The van der Waals surface area contributed by atoms with Crippen molar-refractivity contribution in [1.29, 1.82) is 0 Å². The van der Waals surface area contributed by atoms with Crippen LogP contribution in [0.5, 0.6) is 0 Å². The molecule has 0 radical (unpaired) electrons. The summed E-state index contributed by atoms with van der Waals surface area (Å²) in [5, 5.41) is 5.84. The first kappa shape index (κ1) is 21.7. The van der Waals surface area contributed by atoms with Gasteiger partial charge in [-0.3, -0.25) is 14.5 Å². The van der Waals surface area contributed by atoms with Gasteiger partial charge in [-0.2, -0.15) is 0 Å². The highest BCUT2D eigenvalue weighted by Gasteiger charge is 2.25. The number of thiophene rings is 1. The molecule has 3 aromatic rings. The third kappa shape index (κ3) is 5.60. The highest BCUT2D eigenvalue weighted by molar-refractivity contribution is 7.10. The van der Waals surface area contributed by atoms with Crippen LogP contribution >= 0.6 is 11.3 Å². The van der Waals surface area contributed by atoms with Crippen LogP contribution < -0.4 is 10.9 Å². The summed E-state index contributed by atoms with van der Waals surface area (Å²) in [6.45, 7) is 5.12. The predicted molar refractivity (Wildman–Crippen MR) is 125 cm³/mol. The van der Waals surface area contributed by atoms with Gasteiger partial charge < -0.3 is 10.3 Å². The number of amides is 1. The Bertz CT molecular complexity index is 1050. The number of H-pyrrole nitrogens is 1. The Balaban J connectivity index is 1.29. The Morgan fingerprint density at radius 2 is 2.06 bits per heavy atom. The fraction of sp³-hybridized carbons (Fsp3) is 0.458. The Hall–Kier alpha value is -2.51. The maximum absolute atomic E-state index is 12.5. The molecule has 1 amide bonds. The molecule has 1 aromatic carbocycles. The average Bonchev–Trinajstić information content (AvgIpc) is 3.30. The third-order valence-corrected chi connectivity index (χ3v) is 7.08. The fourth-order valence-electron chi connectivity index (χ4n) is 4.20. The van der Waals surface area contributed by atoms with Gasteiger partial charge in [-0.15, -0.1) is 11.3 Å². The van der Waals surface area contributed by atoms with E-state index in [0.29, 0.717) is 42.5 Å². The molecule has 0 bridgehead atoms. The van der Waals surface area contributed by atoms with Crippen molar-refractivity contribution in [3.63, 3.8) is 0 Å². The summed E-state index contributed by atoms with van der Waals surface area (Å²) in [5.74, 6) is 1.47. The molecule has 31 heavy (non-hydrogen) atoms. The van der Waals surface area contributed by atoms with Gasteiger partial charge in [0.2, 0.25) is 5.91 Å². The van der Waals surface area contributed by atoms with Crippen LogP contribution in [-0.2, 0) is 11.2 Å². The lowest BCUT2D eigenvalue weighted by Gasteiger charge is -2.36. The van der Waals surface area contributed by atoms with Gasteiger partial charge in [-0.1, -0.05) is 25.1 Å². The minimum Gasteiger partial charge on any atom is -0.354 e. The van der Waals surface area contributed by atoms with Gasteiger partial charge in [0.1, 0.15) is 5.82 Å². The first-order chi connectivity index (χ1) is 15.1. The van der Waals surface area contributed by atoms with Crippen molar-refractivity contribution in [3.05, 3.63) is 62.8 Å². The number of nitrogens with one attached hydrogen (secondary N) is 2. The largest absolute Gasteiger partial charge is 0.354 e. The molecule has 164 valence electrons. The van der Waals surface area contributed by atoms with Gasteiger partial charge in [0.15, 0.2) is 0 Å². The van der Waals surface area contributed by atoms with Gasteiger partial charge in [0.25, 0.3) is 5.56 Å². The van der Waals surface area contributed by atoms with Crippen molar-refractivity contribution in [3.8, 4) is 0 Å². The van der Waals surface area contributed by atoms with Crippen molar-refractivity contribution in [2.24, 2.45) is 5.92 Å². The minimum atomic E-state index is -0.125. The van der Waals surface area contributed by atoms with E-state index in [2.05, 4.69) is 44.6 Å². The monoisotopic (exact) mass is 438 g/mol. The fourth-order valence-corrected chi connectivity index (χ4v) is 5.06. The van der Waals surface area contributed by atoms with Crippen molar-refractivity contribution in [2.75, 3.05) is 19.6 Å². The van der Waals surface area contributed by atoms with E-state index < -0.39 is 0 Å². The van der Waals surface area contributed by atoms with E-state index in [4.69, 9.17) is 0 Å². The third-order valence-electron chi connectivity index (χ3n) is 6.10. The number of para-hydroxylation sites is 1. The zero-order valence-electron chi connectivity index (χ0n) is 18.0. The van der Waals surface area contributed by atoms with Crippen LogP contribution in [0.4, 0.5) is 0 Å². The van der Waals surface area contributed by atoms with E-state index >= 15 is 0 Å². The quantitative estimate of drug-likeness (QED) is 0.559. The second-order valence-electron chi connectivity index (χ2n) is 8.44. The lowest BCUT2D eigenvalue weighted by Crippen LogP contribution is -2.41. The maximum Gasteiger partial charge on any atom is 0.258 e. The number of aryl methyl sites for hydroxylation is 1. The number of likely N-dealkylation sites (tertiary alicyclic amines) is 1. The topological polar surface area (TPSA) is 78.1 Å². The normalized spacial score (nSPS) is 16.4. The molecule has 0 aliphatic carbocycles. The molecule has 0 spiro atoms. The SMILES string of the molecule is CC1CCN([C@@H](CNC(=O)CCCc2nc3ccccc3c(=O)[nH]2)c2cccs2)CC1. The van der Waals surface area contributed by atoms with E-state index in [-0.39, 0.29) is 17.5 Å². The number of fused-ring (bicyclic) bond motifs is 1. The summed E-state index contributed by atoms with van der Waals surface area (Å²) in [6.07, 6.45) is 4.08. The van der Waals surface area contributed by atoms with Gasteiger partial charge in [-0.05, 0) is 61.8 Å². The van der Waals surface area contributed by atoms with Crippen LogP contribution in [-0.4, -0.2) is 40.4 Å². The summed E-state index contributed by atoms with van der Waals surface area (Å²) < 4.78 is 0. The summed E-state index contributed by atoms with van der Waals surface area (Å²) in [7, 11) is 0. The summed E-state index contributed by atoms with van der Waals surface area (Å²) in [5.41, 5.74) is 0.569. The number of piperidine rings is 1. The van der Waals surface area contributed by atoms with Crippen LogP contribution in [0.1, 0.15) is 49.4 Å². The number of hydrogen-bond acceptors (Lipinski definition) is 5. The van der Waals surface area contributed by atoms with Gasteiger partial charge in [0.05, 0.1) is 16.9 Å². The number of rotatable bonds is 8. The Morgan fingerprint density at radius 1 is 1.26 bits per heavy atom. The van der Waals surface area contributed by atoms with E-state index in [1.807, 2.05) is 18.2 Å². The van der Waals surface area contributed by atoms with Crippen LogP contribution in [0, 0.1) is 5.92 Å².